The second-order valence-electron chi connectivity index (χ2n) is 7.22. The third kappa shape index (κ3) is 4.79. The summed E-state index contributed by atoms with van der Waals surface area (Å²) in [4.78, 5) is 16.5. The van der Waals surface area contributed by atoms with E-state index in [0.717, 1.165) is 11.1 Å². The van der Waals surface area contributed by atoms with E-state index in [1.165, 1.54) is 0 Å². The quantitative estimate of drug-likeness (QED) is 0.743. The lowest BCUT2D eigenvalue weighted by Gasteiger charge is -2.39. The molecule has 0 N–H and O–H groups in total. The number of carbonyl (C=O) groups is 1. The fourth-order valence-corrected chi connectivity index (χ4v) is 5.02. The van der Waals surface area contributed by atoms with Crippen LogP contribution in [0.2, 0.25) is 0 Å². The Hall–Kier alpha value is -2.22. The average Bonchev–Trinajstić information content (AvgIpc) is 2.70. The Labute approximate surface area is 167 Å². The number of amides is 1. The van der Waals surface area contributed by atoms with Crippen molar-refractivity contribution in [3.63, 3.8) is 0 Å². The van der Waals surface area contributed by atoms with E-state index in [1.54, 1.807) is 23.3 Å². The third-order valence-corrected chi connectivity index (χ3v) is 6.86. The molecule has 1 heterocycles. The summed E-state index contributed by atoms with van der Waals surface area (Å²) < 4.78 is 27.1. The fourth-order valence-electron chi connectivity index (χ4n) is 3.51. The highest BCUT2D eigenvalue weighted by Gasteiger charge is 2.34. The van der Waals surface area contributed by atoms with E-state index in [1.807, 2.05) is 60.7 Å². The summed E-state index contributed by atoms with van der Waals surface area (Å²) >= 11 is 0. The van der Waals surface area contributed by atoms with Gasteiger partial charge in [0.2, 0.25) is 15.9 Å². The average molecular weight is 402 g/mol. The largest absolute Gasteiger partial charge is 0.347 e. The Morgan fingerprint density at radius 2 is 1.46 bits per heavy atom. The van der Waals surface area contributed by atoms with Gasteiger partial charge in [0.15, 0.2) is 0 Å². The summed E-state index contributed by atoms with van der Waals surface area (Å²) in [5.41, 5.74) is 1.72. The molecule has 1 fully saturated rings. The minimum atomic E-state index is -3.38. The van der Waals surface area contributed by atoms with Gasteiger partial charge in [-0.05, 0) is 11.1 Å². The molecule has 0 spiro atoms. The molecule has 0 aromatic heterocycles. The van der Waals surface area contributed by atoms with Crippen LogP contribution in [0.1, 0.15) is 17.2 Å². The maximum absolute atomic E-state index is 12.8. The van der Waals surface area contributed by atoms with Gasteiger partial charge in [-0.3, -0.25) is 9.69 Å². The van der Waals surface area contributed by atoms with E-state index in [2.05, 4.69) is 4.90 Å². The van der Waals surface area contributed by atoms with Crippen molar-refractivity contribution in [1.29, 1.82) is 0 Å². The fraction of sp³-hybridized carbons (Fsp3) is 0.381. The van der Waals surface area contributed by atoms with Gasteiger partial charge in [-0.1, -0.05) is 60.7 Å². The highest BCUT2D eigenvalue weighted by atomic mass is 32.2. The highest BCUT2D eigenvalue weighted by molar-refractivity contribution is 7.88. The van der Waals surface area contributed by atoms with E-state index in [0.29, 0.717) is 26.2 Å². The zero-order valence-electron chi connectivity index (χ0n) is 16.4. The lowest BCUT2D eigenvalue weighted by molar-refractivity contribution is -0.135. The lowest BCUT2D eigenvalue weighted by Crippen LogP contribution is -2.52. The van der Waals surface area contributed by atoms with Crippen LogP contribution in [0, 0.1) is 0 Å². The van der Waals surface area contributed by atoms with Crippen molar-refractivity contribution in [1.82, 2.24) is 14.1 Å². The van der Waals surface area contributed by atoms with Gasteiger partial charge in [-0.25, -0.2) is 8.42 Å². The molecule has 0 radical (unpaired) electrons. The number of hydrogen-bond donors (Lipinski definition) is 0. The van der Waals surface area contributed by atoms with E-state index >= 15 is 0 Å². The summed E-state index contributed by atoms with van der Waals surface area (Å²) in [5.74, 6) is 0.0128. The van der Waals surface area contributed by atoms with Gasteiger partial charge in [-0.2, -0.15) is 4.31 Å². The molecular weight excluding hydrogens is 374 g/mol. The van der Waals surface area contributed by atoms with Crippen LogP contribution in [0.15, 0.2) is 60.7 Å². The minimum Gasteiger partial charge on any atom is -0.347 e. The van der Waals surface area contributed by atoms with Crippen molar-refractivity contribution < 1.29 is 13.2 Å². The molecule has 2 aromatic rings. The van der Waals surface area contributed by atoms with Gasteiger partial charge >= 0.3 is 0 Å². The van der Waals surface area contributed by atoms with Crippen LogP contribution >= 0.6 is 0 Å². The normalized spacial score (nSPS) is 17.2. The zero-order chi connectivity index (χ0) is 20.1. The first kappa shape index (κ1) is 20.5. The predicted octanol–water partition coefficient (Wildman–Crippen LogP) is 1.96. The Balaban J connectivity index is 1.71. The molecule has 0 aliphatic carbocycles. The maximum atomic E-state index is 12.8. The molecule has 0 saturated carbocycles. The number of rotatable bonds is 6. The van der Waals surface area contributed by atoms with Crippen LogP contribution in [-0.4, -0.2) is 68.7 Å². The summed E-state index contributed by atoms with van der Waals surface area (Å²) in [6.45, 7) is 1.82. The second-order valence-corrected chi connectivity index (χ2v) is 9.19. The smallest absolute Gasteiger partial charge is 0.244 e. The predicted molar refractivity (Wildman–Crippen MR) is 110 cm³/mol. The number of likely N-dealkylation sites (N-methyl/N-ethyl adjacent to an activating group) is 1. The lowest BCUT2D eigenvalue weighted by atomic mass is 10.0. The summed E-state index contributed by atoms with van der Waals surface area (Å²) in [6.07, 6.45) is 0. The second kappa shape index (κ2) is 8.86. The Morgan fingerprint density at radius 3 is 2.00 bits per heavy atom. The summed E-state index contributed by atoms with van der Waals surface area (Å²) in [5, 5.41) is 0. The molecule has 0 bridgehead atoms. The molecule has 1 atom stereocenters. The zero-order valence-corrected chi connectivity index (χ0v) is 17.2. The molecule has 1 aliphatic heterocycles. The van der Waals surface area contributed by atoms with E-state index in [4.69, 9.17) is 0 Å². The number of hydrogen-bond acceptors (Lipinski definition) is 4. The van der Waals surface area contributed by atoms with Crippen molar-refractivity contribution in [2.45, 2.75) is 11.8 Å². The molecule has 7 heteroatoms. The van der Waals surface area contributed by atoms with Gasteiger partial charge in [0, 0.05) is 40.3 Å². The van der Waals surface area contributed by atoms with Crippen molar-refractivity contribution in [2.75, 3.05) is 40.3 Å². The molecular formula is C21H27N3O3S. The van der Waals surface area contributed by atoms with Crippen LogP contribution in [-0.2, 0) is 20.6 Å². The molecule has 3 rings (SSSR count). The van der Waals surface area contributed by atoms with Gasteiger partial charge in [-0.15, -0.1) is 0 Å². The van der Waals surface area contributed by atoms with Crippen molar-refractivity contribution in [3.05, 3.63) is 71.8 Å². The van der Waals surface area contributed by atoms with Gasteiger partial charge < -0.3 is 4.90 Å². The van der Waals surface area contributed by atoms with Gasteiger partial charge in [0.25, 0.3) is 0 Å². The minimum absolute atomic E-state index is 0.00629. The van der Waals surface area contributed by atoms with Crippen molar-refractivity contribution >= 4 is 15.9 Å². The van der Waals surface area contributed by atoms with Crippen molar-refractivity contribution in [3.8, 4) is 0 Å². The van der Waals surface area contributed by atoms with E-state index < -0.39 is 16.1 Å². The van der Waals surface area contributed by atoms with E-state index in [-0.39, 0.29) is 11.7 Å². The topological polar surface area (TPSA) is 60.9 Å². The van der Waals surface area contributed by atoms with E-state index in [9.17, 15) is 13.2 Å². The number of piperazine rings is 1. The molecule has 2 aromatic carbocycles. The van der Waals surface area contributed by atoms with Crippen molar-refractivity contribution in [2.24, 2.45) is 0 Å². The summed E-state index contributed by atoms with van der Waals surface area (Å²) in [6, 6.07) is 18.5. The first-order chi connectivity index (χ1) is 13.4. The van der Waals surface area contributed by atoms with Crippen LogP contribution in [0.25, 0.3) is 0 Å². The molecule has 150 valence electrons. The molecule has 6 nitrogen and oxygen atoms in total. The van der Waals surface area contributed by atoms with Gasteiger partial charge in [0.1, 0.15) is 6.04 Å². The number of benzene rings is 2. The Bertz CT molecular complexity index is 878. The number of sulfonamides is 1. The maximum Gasteiger partial charge on any atom is 0.244 e. The van der Waals surface area contributed by atoms with Crippen LogP contribution in [0.4, 0.5) is 0 Å². The monoisotopic (exact) mass is 401 g/mol. The Kier molecular flexibility index (Phi) is 6.49. The summed E-state index contributed by atoms with van der Waals surface area (Å²) in [7, 11) is 0.122. The standard InChI is InChI=1S/C21H27N3O3S/c1-22(2)21(25)20(19-11-7-4-8-12-19)23-13-15-24(16-14-23)28(26,27)17-18-9-5-3-6-10-18/h3-12,20H,13-17H2,1-2H3/t20-/m0/s1. The molecule has 1 aliphatic rings. The number of carbonyl (C=O) groups excluding carboxylic acids is 1. The molecule has 0 unspecified atom stereocenters. The first-order valence-electron chi connectivity index (χ1n) is 9.40. The first-order valence-corrected chi connectivity index (χ1v) is 11.0. The van der Waals surface area contributed by atoms with Crippen LogP contribution in [0.5, 0.6) is 0 Å². The third-order valence-electron chi connectivity index (χ3n) is 5.01. The molecule has 1 amide bonds. The molecule has 1 saturated heterocycles. The highest BCUT2D eigenvalue weighted by Crippen LogP contribution is 2.25. The Morgan fingerprint density at radius 1 is 0.929 bits per heavy atom. The number of nitrogens with zero attached hydrogens (tertiary/aromatic N) is 3. The SMILES string of the molecule is CN(C)C(=O)[C@H](c1ccccc1)N1CCN(S(=O)(=O)Cc2ccccc2)CC1. The van der Waals surface area contributed by atoms with Crippen LogP contribution < -0.4 is 0 Å². The molecule has 28 heavy (non-hydrogen) atoms. The van der Waals surface area contributed by atoms with Gasteiger partial charge in [0.05, 0.1) is 5.75 Å². The van der Waals surface area contributed by atoms with Crippen LogP contribution in [0.3, 0.4) is 0 Å².